The van der Waals surface area contributed by atoms with Gasteiger partial charge in [0.1, 0.15) is 12.7 Å². The van der Waals surface area contributed by atoms with E-state index < -0.39 is 0 Å². The van der Waals surface area contributed by atoms with Gasteiger partial charge in [-0.15, -0.1) is 10.2 Å². The highest BCUT2D eigenvalue weighted by atomic mass is 16.5. The highest BCUT2D eigenvalue weighted by Crippen LogP contribution is 2.35. The molecule has 2 aliphatic rings. The molecule has 2 aromatic heterocycles. The zero-order chi connectivity index (χ0) is 25.5. The first kappa shape index (κ1) is 22.6. The van der Waals surface area contributed by atoms with E-state index in [0.717, 1.165) is 11.3 Å². The number of aromatic nitrogens is 5. The number of rotatable bonds is 5. The van der Waals surface area contributed by atoms with Gasteiger partial charge in [0.05, 0.1) is 12.6 Å². The molecule has 3 amide bonds. The number of carbonyl (C=O) groups excluding carboxylic acids is 3. The Morgan fingerprint density at radius 2 is 1.84 bits per heavy atom. The number of aryl methyl sites for hydroxylation is 1. The molecular formula is C25H22N8O4. The zero-order valence-electron chi connectivity index (χ0n) is 19.8. The quantitative estimate of drug-likeness (QED) is 0.418. The Bertz CT molecular complexity index is 1500. The highest BCUT2D eigenvalue weighted by Gasteiger charge is 2.42. The molecule has 2 aromatic carbocycles. The highest BCUT2D eigenvalue weighted by molar-refractivity contribution is 6.01. The summed E-state index contributed by atoms with van der Waals surface area (Å²) in [6.45, 7) is 2.61. The van der Waals surface area contributed by atoms with Gasteiger partial charge in [-0.1, -0.05) is 5.16 Å². The van der Waals surface area contributed by atoms with Gasteiger partial charge in [0.2, 0.25) is 5.89 Å². The smallest absolute Gasteiger partial charge is 0.253 e. The second-order valence-corrected chi connectivity index (χ2v) is 9.03. The summed E-state index contributed by atoms with van der Waals surface area (Å²) in [6, 6.07) is 12.0. The van der Waals surface area contributed by atoms with Gasteiger partial charge in [0.25, 0.3) is 17.7 Å². The fraction of sp³-hybridized carbons (Fsp3) is 0.240. The molecule has 2 aliphatic heterocycles. The van der Waals surface area contributed by atoms with Crippen molar-refractivity contribution in [3.8, 4) is 5.69 Å². The van der Waals surface area contributed by atoms with E-state index in [9.17, 15) is 14.4 Å². The van der Waals surface area contributed by atoms with Crippen molar-refractivity contribution >= 4 is 17.7 Å². The van der Waals surface area contributed by atoms with Crippen molar-refractivity contribution in [3.05, 3.63) is 89.1 Å². The van der Waals surface area contributed by atoms with Crippen molar-refractivity contribution in [1.29, 1.82) is 0 Å². The van der Waals surface area contributed by atoms with Gasteiger partial charge in [-0.2, -0.15) is 4.98 Å². The number of nitrogens with one attached hydrogen (secondary N) is 2. The van der Waals surface area contributed by atoms with E-state index in [2.05, 4.69) is 31.0 Å². The van der Waals surface area contributed by atoms with Gasteiger partial charge in [0, 0.05) is 48.3 Å². The standard InChI is InChI=1S/C25H22N8O4/c1-14-29-22(31-37-14)9-26-23(34)16-4-7-18-19(8-16)20-10-32(11-21(20)30-24(18)35)25(36)15-2-5-17(6-3-15)33-12-27-28-13-33/h2-8,12-13,20-21H,9-11H2,1H3,(H,26,34)(H,30,35). The number of hydrogen-bond donors (Lipinski definition) is 2. The number of fused-ring (bicyclic) bond motifs is 3. The predicted octanol–water partition coefficient (Wildman–Crippen LogP) is 1.24. The number of benzene rings is 2. The number of carbonyl (C=O) groups is 3. The Hall–Kier alpha value is -4.87. The van der Waals surface area contributed by atoms with Gasteiger partial charge in [0.15, 0.2) is 5.82 Å². The summed E-state index contributed by atoms with van der Waals surface area (Å²) in [6.07, 6.45) is 3.17. The first-order valence-electron chi connectivity index (χ1n) is 11.7. The Kier molecular flexibility index (Phi) is 5.48. The maximum atomic E-state index is 13.3. The molecule has 1 saturated heterocycles. The lowest BCUT2D eigenvalue weighted by molar-refractivity contribution is 0.0783. The van der Waals surface area contributed by atoms with Gasteiger partial charge in [-0.25, -0.2) is 0 Å². The van der Waals surface area contributed by atoms with Crippen LogP contribution in [0, 0.1) is 6.92 Å². The molecule has 2 N–H and O–H groups in total. The summed E-state index contributed by atoms with van der Waals surface area (Å²) in [4.78, 5) is 44.6. The third kappa shape index (κ3) is 4.22. The fourth-order valence-electron chi connectivity index (χ4n) is 4.86. The second-order valence-electron chi connectivity index (χ2n) is 9.03. The van der Waals surface area contributed by atoms with Gasteiger partial charge in [-0.05, 0) is 48.0 Å². The van der Waals surface area contributed by atoms with E-state index in [1.54, 1.807) is 59.4 Å². The van der Waals surface area contributed by atoms with Crippen molar-refractivity contribution < 1.29 is 18.9 Å². The lowest BCUT2D eigenvalue weighted by atomic mass is 9.85. The summed E-state index contributed by atoms with van der Waals surface area (Å²) >= 11 is 0. The summed E-state index contributed by atoms with van der Waals surface area (Å²) < 4.78 is 6.68. The van der Waals surface area contributed by atoms with Crippen molar-refractivity contribution in [2.24, 2.45) is 0 Å². The maximum absolute atomic E-state index is 13.3. The molecule has 0 bridgehead atoms. The van der Waals surface area contributed by atoms with Gasteiger partial charge >= 0.3 is 0 Å². The van der Waals surface area contributed by atoms with Crippen LogP contribution in [0.2, 0.25) is 0 Å². The Morgan fingerprint density at radius 3 is 2.57 bits per heavy atom. The molecular weight excluding hydrogens is 476 g/mol. The molecule has 37 heavy (non-hydrogen) atoms. The number of hydrogen-bond acceptors (Lipinski definition) is 8. The topological polar surface area (TPSA) is 148 Å². The third-order valence-corrected chi connectivity index (χ3v) is 6.69. The molecule has 12 nitrogen and oxygen atoms in total. The van der Waals surface area contributed by atoms with E-state index in [4.69, 9.17) is 4.52 Å². The monoisotopic (exact) mass is 498 g/mol. The number of amides is 3. The minimum Gasteiger partial charge on any atom is -0.347 e. The van der Waals surface area contributed by atoms with Gasteiger partial charge < -0.3 is 20.1 Å². The third-order valence-electron chi connectivity index (χ3n) is 6.69. The lowest BCUT2D eigenvalue weighted by Crippen LogP contribution is -2.44. The molecule has 4 aromatic rings. The molecule has 0 aliphatic carbocycles. The second kappa shape index (κ2) is 8.97. The molecule has 1 fully saturated rings. The van der Waals surface area contributed by atoms with Crippen molar-refractivity contribution in [3.63, 3.8) is 0 Å². The van der Waals surface area contributed by atoms with Crippen LogP contribution in [0.15, 0.2) is 59.6 Å². The van der Waals surface area contributed by atoms with Crippen LogP contribution in [0.25, 0.3) is 5.69 Å². The Balaban J connectivity index is 1.19. The van der Waals surface area contributed by atoms with Crippen molar-refractivity contribution in [2.75, 3.05) is 13.1 Å². The van der Waals surface area contributed by atoms with Crippen LogP contribution in [-0.2, 0) is 6.54 Å². The minimum absolute atomic E-state index is 0.121. The zero-order valence-corrected chi connectivity index (χ0v) is 19.8. The molecule has 4 heterocycles. The van der Waals surface area contributed by atoms with E-state index in [-0.39, 0.29) is 36.2 Å². The normalized spacial score (nSPS) is 18.2. The molecule has 6 rings (SSSR count). The van der Waals surface area contributed by atoms with E-state index in [0.29, 0.717) is 41.5 Å². The molecule has 2 unspecified atom stereocenters. The Labute approximate surface area is 210 Å². The van der Waals surface area contributed by atoms with Gasteiger partial charge in [-0.3, -0.25) is 19.0 Å². The van der Waals surface area contributed by atoms with Crippen molar-refractivity contribution in [2.45, 2.75) is 25.4 Å². The molecule has 0 radical (unpaired) electrons. The van der Waals surface area contributed by atoms with Crippen LogP contribution in [-0.4, -0.2) is 66.7 Å². The van der Waals surface area contributed by atoms with Crippen molar-refractivity contribution in [1.82, 2.24) is 40.4 Å². The van der Waals surface area contributed by atoms with Crippen LogP contribution in [0.1, 0.15) is 54.3 Å². The van der Waals surface area contributed by atoms with Crippen LogP contribution >= 0.6 is 0 Å². The van der Waals surface area contributed by atoms with Crippen LogP contribution in [0.3, 0.4) is 0 Å². The maximum Gasteiger partial charge on any atom is 0.253 e. The van der Waals surface area contributed by atoms with E-state index in [1.807, 2.05) is 12.1 Å². The van der Waals surface area contributed by atoms with Crippen LogP contribution < -0.4 is 10.6 Å². The number of nitrogens with zero attached hydrogens (tertiary/aromatic N) is 6. The van der Waals surface area contributed by atoms with E-state index in [1.165, 1.54) is 0 Å². The Morgan fingerprint density at radius 1 is 1.08 bits per heavy atom. The summed E-state index contributed by atoms with van der Waals surface area (Å²) in [5, 5.41) is 17.2. The molecule has 2 atom stereocenters. The number of likely N-dealkylation sites (tertiary alicyclic amines) is 1. The van der Waals surface area contributed by atoms with Crippen LogP contribution in [0.4, 0.5) is 0 Å². The largest absolute Gasteiger partial charge is 0.347 e. The summed E-state index contributed by atoms with van der Waals surface area (Å²) in [5.41, 5.74) is 3.08. The summed E-state index contributed by atoms with van der Waals surface area (Å²) in [7, 11) is 0. The minimum atomic E-state index is -0.313. The first-order valence-corrected chi connectivity index (χ1v) is 11.7. The average molecular weight is 499 g/mol. The SMILES string of the molecule is Cc1nc(CNC(=O)c2ccc3c(c2)C2CN(C(=O)c4ccc(-n5cnnc5)cc4)CC2NC3=O)no1. The molecule has 0 spiro atoms. The molecule has 0 saturated carbocycles. The first-order chi connectivity index (χ1) is 18.0. The average Bonchev–Trinajstić information content (AvgIpc) is 3.68. The predicted molar refractivity (Wildman–Crippen MR) is 128 cm³/mol. The molecule has 186 valence electrons. The fourth-order valence-corrected chi connectivity index (χ4v) is 4.86. The molecule has 12 heteroatoms. The van der Waals surface area contributed by atoms with Crippen LogP contribution in [0.5, 0.6) is 0 Å². The van der Waals surface area contributed by atoms with E-state index >= 15 is 0 Å². The lowest BCUT2D eigenvalue weighted by Gasteiger charge is -2.28. The summed E-state index contributed by atoms with van der Waals surface area (Å²) in [5.74, 6) is 0.0279.